The highest BCUT2D eigenvalue weighted by molar-refractivity contribution is 7.84. The van der Waals surface area contributed by atoms with Crippen molar-refractivity contribution >= 4 is 33.8 Å². The molecule has 0 spiro atoms. The Bertz CT molecular complexity index is 835. The summed E-state index contributed by atoms with van der Waals surface area (Å²) in [6, 6.07) is 2.00. The smallest absolute Gasteiger partial charge is 0.333 e. The summed E-state index contributed by atoms with van der Waals surface area (Å²) in [4.78, 5) is 17.7. The Morgan fingerprint density at radius 2 is 2.24 bits per heavy atom. The van der Waals surface area contributed by atoms with Crippen molar-refractivity contribution in [2.75, 3.05) is 27.3 Å². The maximum absolute atomic E-state index is 12.9. The van der Waals surface area contributed by atoms with Gasteiger partial charge in [0.25, 0.3) is 0 Å². The number of carbonyl (C=O) groups is 1. The molecule has 1 fully saturated rings. The molecule has 9 nitrogen and oxygen atoms in total. The topological polar surface area (TPSA) is 132 Å². The summed E-state index contributed by atoms with van der Waals surface area (Å²) in [5, 5.41) is 13.0. The molecule has 2 atom stereocenters. The molecule has 0 aromatic carbocycles. The van der Waals surface area contributed by atoms with Gasteiger partial charge in [-0.2, -0.15) is 8.42 Å². The van der Waals surface area contributed by atoms with Gasteiger partial charge in [0.2, 0.25) is 5.78 Å². The maximum atomic E-state index is 12.9. The Hall–Kier alpha value is -1.63. The molecule has 1 saturated carbocycles. The molecule has 1 heterocycles. The maximum Gasteiger partial charge on any atom is 0.333 e. The monoisotopic (exact) mass is 444 g/mol. The molecular formula is C18H28N4O5S2. The lowest BCUT2D eigenvalue weighted by Crippen LogP contribution is -2.30. The summed E-state index contributed by atoms with van der Waals surface area (Å²) in [5.41, 5.74) is 1.51. The molecule has 4 N–H and O–H groups in total. The molecule has 2 rings (SSSR count). The third-order valence-corrected chi connectivity index (χ3v) is 5.95. The number of aliphatic imine (C=N–C) groups is 1. The Balaban J connectivity index is 1.96. The van der Waals surface area contributed by atoms with E-state index >= 15 is 0 Å². The molecule has 0 radical (unpaired) electrons. The molecule has 0 amide bonds. The van der Waals surface area contributed by atoms with Crippen LogP contribution in [0, 0.1) is 5.92 Å². The van der Waals surface area contributed by atoms with Gasteiger partial charge in [-0.15, -0.1) is 11.3 Å². The lowest BCUT2D eigenvalue weighted by atomic mass is 10.1. The number of hydrogen-bond donors (Lipinski definition) is 3. The predicted octanol–water partition coefficient (Wildman–Crippen LogP) is 1.19. The fourth-order valence-corrected chi connectivity index (χ4v) is 4.39. The van der Waals surface area contributed by atoms with Crippen LogP contribution in [-0.2, 0) is 25.8 Å². The average Bonchev–Trinajstić information content (AvgIpc) is 3.31. The van der Waals surface area contributed by atoms with E-state index in [-0.39, 0.29) is 24.3 Å². The van der Waals surface area contributed by atoms with E-state index < -0.39 is 10.3 Å². The molecule has 0 bridgehead atoms. The van der Waals surface area contributed by atoms with Crippen molar-refractivity contribution in [2.24, 2.45) is 16.0 Å². The number of rotatable bonds is 12. The summed E-state index contributed by atoms with van der Waals surface area (Å²) in [7, 11) is -0.569. The van der Waals surface area contributed by atoms with Crippen LogP contribution in [0.1, 0.15) is 34.5 Å². The van der Waals surface area contributed by atoms with Crippen LogP contribution >= 0.6 is 11.3 Å². The number of hydrogen-bond acceptors (Lipinski definition) is 8. The van der Waals surface area contributed by atoms with Gasteiger partial charge in [-0.3, -0.25) is 8.98 Å². The van der Waals surface area contributed by atoms with Crippen molar-refractivity contribution in [1.29, 1.82) is 0 Å². The number of ketones is 1. The van der Waals surface area contributed by atoms with Crippen LogP contribution in [0.4, 0.5) is 0 Å². The van der Waals surface area contributed by atoms with E-state index in [2.05, 4.69) is 15.6 Å². The van der Waals surface area contributed by atoms with Gasteiger partial charge in [-0.05, 0) is 42.2 Å². The van der Waals surface area contributed by atoms with Crippen molar-refractivity contribution in [2.45, 2.75) is 31.9 Å². The summed E-state index contributed by atoms with van der Waals surface area (Å²) in [6.07, 6.45) is 5.53. The molecular weight excluding hydrogens is 416 g/mol. The van der Waals surface area contributed by atoms with Gasteiger partial charge in [0.15, 0.2) is 0 Å². The number of methoxy groups -OCH3 is 1. The van der Waals surface area contributed by atoms with Crippen molar-refractivity contribution in [3.63, 3.8) is 0 Å². The fourth-order valence-electron chi connectivity index (χ4n) is 3.14. The van der Waals surface area contributed by atoms with Crippen LogP contribution in [0.25, 0.3) is 0 Å². The first-order valence-corrected chi connectivity index (χ1v) is 11.6. The molecule has 29 heavy (non-hydrogen) atoms. The number of ether oxygens (including phenoxy) is 1. The third-order valence-electron chi connectivity index (χ3n) is 4.50. The molecule has 1 aliphatic carbocycles. The second-order valence-electron chi connectivity index (χ2n) is 6.84. The molecule has 0 saturated heterocycles. The zero-order valence-electron chi connectivity index (χ0n) is 16.6. The minimum Gasteiger partial charge on any atom is -0.380 e. The van der Waals surface area contributed by atoms with Crippen molar-refractivity contribution in [1.82, 2.24) is 10.6 Å². The van der Waals surface area contributed by atoms with E-state index in [0.717, 1.165) is 24.8 Å². The summed E-state index contributed by atoms with van der Waals surface area (Å²) in [6.45, 7) is 0.913. The van der Waals surface area contributed by atoms with Crippen LogP contribution in [-0.4, -0.2) is 53.9 Å². The van der Waals surface area contributed by atoms with Crippen LogP contribution in [0.5, 0.6) is 0 Å². The van der Waals surface area contributed by atoms with E-state index in [9.17, 15) is 13.2 Å². The zero-order chi connectivity index (χ0) is 21.3. The first kappa shape index (κ1) is 23.6. The van der Waals surface area contributed by atoms with Gasteiger partial charge >= 0.3 is 10.3 Å². The third kappa shape index (κ3) is 8.33. The van der Waals surface area contributed by atoms with Crippen LogP contribution in [0.15, 0.2) is 28.2 Å². The largest absolute Gasteiger partial charge is 0.380 e. The fraction of sp³-hybridized carbons (Fsp3) is 0.556. The Kier molecular flexibility index (Phi) is 9.40. The number of nitrogens with zero attached hydrogens (tertiary/aromatic N) is 1. The quantitative estimate of drug-likeness (QED) is 0.191. The minimum atomic E-state index is -3.92. The van der Waals surface area contributed by atoms with E-state index in [1.165, 1.54) is 17.7 Å². The molecule has 1 aromatic rings. The van der Waals surface area contributed by atoms with Gasteiger partial charge in [-0.1, -0.05) is 0 Å². The van der Waals surface area contributed by atoms with Crippen molar-refractivity contribution in [3.05, 3.63) is 33.7 Å². The van der Waals surface area contributed by atoms with Crippen molar-refractivity contribution < 1.29 is 22.1 Å². The molecule has 0 aliphatic heterocycles. The van der Waals surface area contributed by atoms with E-state index in [4.69, 9.17) is 14.1 Å². The highest BCUT2D eigenvalue weighted by atomic mass is 32.2. The van der Waals surface area contributed by atoms with Gasteiger partial charge in [0, 0.05) is 38.5 Å². The highest BCUT2D eigenvalue weighted by Crippen LogP contribution is 2.26. The summed E-state index contributed by atoms with van der Waals surface area (Å²) >= 11 is 1.38. The van der Waals surface area contributed by atoms with Crippen molar-refractivity contribution in [3.8, 4) is 0 Å². The van der Waals surface area contributed by atoms with Gasteiger partial charge in [-0.25, -0.2) is 10.1 Å². The average molecular weight is 445 g/mol. The molecule has 0 unspecified atom stereocenters. The normalized spacial score (nSPS) is 20.4. The van der Waals surface area contributed by atoms with Gasteiger partial charge in [0.05, 0.1) is 24.4 Å². The summed E-state index contributed by atoms with van der Waals surface area (Å²) < 4.78 is 31.7. The second kappa shape index (κ2) is 11.5. The lowest BCUT2D eigenvalue weighted by molar-refractivity contribution is 0.103. The molecule has 1 aromatic heterocycles. The van der Waals surface area contributed by atoms with Crippen LogP contribution in [0.3, 0.4) is 0 Å². The van der Waals surface area contributed by atoms with E-state index in [0.29, 0.717) is 23.6 Å². The zero-order valence-corrected chi connectivity index (χ0v) is 18.2. The first-order valence-electron chi connectivity index (χ1n) is 9.22. The SMILES string of the molecule is CN/C=N\C=C(/CN[C@H]1CC[C@@H](COS(N)(=O)=O)C1)C(=O)c1cc(COC)cs1. The van der Waals surface area contributed by atoms with E-state index in [1.807, 2.05) is 11.4 Å². The molecule has 162 valence electrons. The molecule has 11 heteroatoms. The Morgan fingerprint density at radius 3 is 2.93 bits per heavy atom. The number of thiophene rings is 1. The number of nitrogens with two attached hydrogens (primary N) is 1. The lowest BCUT2D eigenvalue weighted by Gasteiger charge is -2.14. The Morgan fingerprint density at radius 1 is 1.45 bits per heavy atom. The predicted molar refractivity (Wildman–Crippen MR) is 113 cm³/mol. The first-order chi connectivity index (χ1) is 13.8. The highest BCUT2D eigenvalue weighted by Gasteiger charge is 2.26. The minimum absolute atomic E-state index is 0.0785. The van der Waals surface area contributed by atoms with Gasteiger partial charge < -0.3 is 15.4 Å². The number of carbonyl (C=O) groups excluding carboxylic acids is 1. The number of Topliss-reactive ketones (excluding diaryl/α,β-unsaturated/α-hetero) is 1. The van der Waals surface area contributed by atoms with Gasteiger partial charge in [0.1, 0.15) is 0 Å². The number of nitrogens with one attached hydrogen (secondary N) is 2. The standard InChI is InChI=1S/C18H28N4O5S2/c1-20-12-21-7-15(18(23)17-6-14(9-26-2)11-28-17)8-22-16-4-3-13(5-16)10-27-29(19,24)25/h6-7,11-13,16,22H,3-5,8-10H2,1-2H3,(H,20,21)(H2,19,24,25)/b15-7+/t13-,16+/m1/s1. The molecule has 1 aliphatic rings. The summed E-state index contributed by atoms with van der Waals surface area (Å²) in [5.74, 6) is 0.0374. The van der Waals surface area contributed by atoms with Crippen LogP contribution < -0.4 is 15.8 Å². The van der Waals surface area contributed by atoms with E-state index in [1.54, 1.807) is 20.4 Å². The van der Waals surface area contributed by atoms with Crippen LogP contribution in [0.2, 0.25) is 0 Å². The Labute approximate surface area is 175 Å². The second-order valence-corrected chi connectivity index (χ2v) is 8.97.